The highest BCUT2D eigenvalue weighted by Gasteiger charge is 2.21. The van der Waals surface area contributed by atoms with Crippen molar-refractivity contribution in [2.75, 3.05) is 17.7 Å². The molecular weight excluding hydrogens is 376 g/mol. The van der Waals surface area contributed by atoms with E-state index in [0.717, 1.165) is 11.3 Å². The summed E-state index contributed by atoms with van der Waals surface area (Å²) in [5.41, 5.74) is 8.13. The summed E-state index contributed by atoms with van der Waals surface area (Å²) in [7, 11) is 1.53. The van der Waals surface area contributed by atoms with Gasteiger partial charge in [-0.1, -0.05) is 30.5 Å². The zero-order chi connectivity index (χ0) is 20.7. The van der Waals surface area contributed by atoms with E-state index < -0.39 is 0 Å². The lowest BCUT2D eigenvalue weighted by Crippen LogP contribution is -2.33. The van der Waals surface area contributed by atoms with Crippen LogP contribution in [0.15, 0.2) is 59.4 Å². The van der Waals surface area contributed by atoms with Gasteiger partial charge in [-0.05, 0) is 31.6 Å². The first-order chi connectivity index (χ1) is 13.4. The number of thioether (sulfide) groups is 1. The van der Waals surface area contributed by atoms with Crippen LogP contribution in [0.5, 0.6) is 0 Å². The van der Waals surface area contributed by atoms with E-state index in [9.17, 15) is 9.59 Å². The molecule has 1 aromatic heterocycles. The Morgan fingerprint density at radius 2 is 2.11 bits per heavy atom. The average molecular weight is 401 g/mol. The van der Waals surface area contributed by atoms with Crippen molar-refractivity contribution in [1.29, 1.82) is 0 Å². The molecule has 1 aliphatic heterocycles. The highest BCUT2D eigenvalue weighted by atomic mass is 32.2. The van der Waals surface area contributed by atoms with Gasteiger partial charge in [0.2, 0.25) is 0 Å². The first kappa shape index (κ1) is 21.3. The molecule has 1 aromatic rings. The number of amides is 2. The van der Waals surface area contributed by atoms with Gasteiger partial charge in [0.1, 0.15) is 11.2 Å². The number of pyridine rings is 1. The largest absolute Gasteiger partial charge is 0.356 e. The Hall–Kier alpha value is -3.04. The van der Waals surface area contributed by atoms with E-state index >= 15 is 0 Å². The zero-order valence-electron chi connectivity index (χ0n) is 16.0. The molecule has 1 aliphatic rings. The van der Waals surface area contributed by atoms with E-state index in [2.05, 4.69) is 32.8 Å². The second kappa shape index (κ2) is 9.77. The number of nitrogens with zero attached hydrogens (tertiary/aromatic N) is 1. The molecule has 28 heavy (non-hydrogen) atoms. The molecule has 0 saturated heterocycles. The molecule has 0 saturated carbocycles. The lowest BCUT2D eigenvalue weighted by Gasteiger charge is -2.16. The molecule has 0 radical (unpaired) electrons. The van der Waals surface area contributed by atoms with Crippen LogP contribution in [0.25, 0.3) is 0 Å². The van der Waals surface area contributed by atoms with Crippen molar-refractivity contribution in [2.45, 2.75) is 19.3 Å². The lowest BCUT2D eigenvalue weighted by atomic mass is 10.2. The molecule has 0 fully saturated rings. The third-order valence-corrected chi connectivity index (χ3v) is 4.68. The minimum Gasteiger partial charge on any atom is -0.356 e. The maximum atomic E-state index is 12.6. The lowest BCUT2D eigenvalue weighted by molar-refractivity contribution is -0.113. The number of carbonyl (C=O) groups is 2. The standard InChI is InChI=1S/C19H24N6O2S/c1-5-7-13(11(3)6-2)23-16-14(8-12(9-22-16)17(26)21-4)24-18(27)15-10-28-19(20)25-15/h5-10,19,25H,1,20H2,2-4H3,(H,21,26)(H,22,23)(H,24,27)/b11-6-,13-7+. The second-order valence-corrected chi connectivity index (χ2v) is 6.81. The summed E-state index contributed by atoms with van der Waals surface area (Å²) in [6, 6.07) is 1.56. The summed E-state index contributed by atoms with van der Waals surface area (Å²) in [5.74, 6) is -0.293. The highest BCUT2D eigenvalue weighted by molar-refractivity contribution is 8.02. The minimum absolute atomic E-state index is 0.308. The number of carbonyl (C=O) groups excluding carboxylic acids is 2. The summed E-state index contributed by atoms with van der Waals surface area (Å²) in [6.45, 7) is 7.57. The Kier molecular flexibility index (Phi) is 7.42. The molecule has 1 atom stereocenters. The molecule has 9 heteroatoms. The molecule has 0 spiro atoms. The van der Waals surface area contributed by atoms with Gasteiger partial charge < -0.3 is 27.0 Å². The van der Waals surface area contributed by atoms with Gasteiger partial charge in [0, 0.05) is 24.3 Å². The number of hydrogen-bond donors (Lipinski definition) is 5. The summed E-state index contributed by atoms with van der Waals surface area (Å²) in [4.78, 5) is 28.9. The van der Waals surface area contributed by atoms with Crippen molar-refractivity contribution < 1.29 is 9.59 Å². The first-order valence-corrected chi connectivity index (χ1v) is 9.48. The van der Waals surface area contributed by atoms with Crippen molar-refractivity contribution in [3.63, 3.8) is 0 Å². The van der Waals surface area contributed by atoms with Gasteiger partial charge in [-0.2, -0.15) is 0 Å². The molecule has 0 aliphatic carbocycles. The summed E-state index contributed by atoms with van der Waals surface area (Å²) >= 11 is 1.30. The van der Waals surface area contributed by atoms with Crippen LogP contribution in [-0.2, 0) is 4.79 Å². The summed E-state index contributed by atoms with van der Waals surface area (Å²) in [6.07, 6.45) is 6.82. The molecule has 6 N–H and O–H groups in total. The van der Waals surface area contributed by atoms with Crippen LogP contribution in [0.4, 0.5) is 11.5 Å². The molecule has 2 amide bonds. The maximum absolute atomic E-state index is 12.6. The predicted octanol–water partition coefficient (Wildman–Crippen LogP) is 2.25. The molecule has 2 rings (SSSR count). The Labute approximate surface area is 168 Å². The highest BCUT2D eigenvalue weighted by Crippen LogP contribution is 2.25. The first-order valence-electron chi connectivity index (χ1n) is 8.53. The van der Waals surface area contributed by atoms with Gasteiger partial charge in [0.25, 0.3) is 11.8 Å². The van der Waals surface area contributed by atoms with E-state index in [1.54, 1.807) is 23.6 Å². The van der Waals surface area contributed by atoms with Crippen LogP contribution >= 0.6 is 11.8 Å². The number of nitrogens with one attached hydrogen (secondary N) is 4. The second-order valence-electron chi connectivity index (χ2n) is 5.80. The third kappa shape index (κ3) is 5.24. The number of hydrogen-bond acceptors (Lipinski definition) is 7. The van der Waals surface area contributed by atoms with E-state index in [4.69, 9.17) is 5.73 Å². The fraction of sp³-hybridized carbons (Fsp3) is 0.211. The van der Waals surface area contributed by atoms with Crippen LogP contribution in [0.1, 0.15) is 24.2 Å². The van der Waals surface area contributed by atoms with Crippen molar-refractivity contribution in [3.8, 4) is 0 Å². The number of anilines is 2. The molecule has 0 bridgehead atoms. The summed E-state index contributed by atoms with van der Waals surface area (Å²) < 4.78 is 0. The van der Waals surface area contributed by atoms with Crippen molar-refractivity contribution in [3.05, 3.63) is 65.0 Å². The van der Waals surface area contributed by atoms with Gasteiger partial charge in [-0.3, -0.25) is 9.59 Å². The molecule has 1 unspecified atom stereocenters. The van der Waals surface area contributed by atoms with Crippen molar-refractivity contribution >= 4 is 35.1 Å². The van der Waals surface area contributed by atoms with Crippen molar-refractivity contribution in [1.82, 2.24) is 15.6 Å². The molecule has 148 valence electrons. The molecule has 2 heterocycles. The fourth-order valence-electron chi connectivity index (χ4n) is 2.27. The number of allylic oxidation sites excluding steroid dienone is 4. The quantitative estimate of drug-likeness (QED) is 0.445. The van der Waals surface area contributed by atoms with E-state index in [1.165, 1.54) is 25.0 Å². The smallest absolute Gasteiger partial charge is 0.272 e. The van der Waals surface area contributed by atoms with Crippen LogP contribution in [-0.4, -0.2) is 29.3 Å². The number of nitrogens with two attached hydrogens (primary N) is 1. The number of rotatable bonds is 7. The van der Waals surface area contributed by atoms with Crippen LogP contribution in [0.3, 0.4) is 0 Å². The average Bonchev–Trinajstić information content (AvgIpc) is 3.14. The molecular formula is C19H24N6O2S. The Balaban J connectivity index is 2.38. The van der Waals surface area contributed by atoms with Crippen LogP contribution < -0.4 is 27.0 Å². The predicted molar refractivity (Wildman–Crippen MR) is 114 cm³/mol. The van der Waals surface area contributed by atoms with Crippen LogP contribution in [0.2, 0.25) is 0 Å². The van der Waals surface area contributed by atoms with Gasteiger partial charge in [0.15, 0.2) is 5.82 Å². The fourth-order valence-corrected chi connectivity index (χ4v) is 2.92. The normalized spacial score (nSPS) is 16.7. The Morgan fingerprint density at radius 3 is 2.68 bits per heavy atom. The SMILES string of the molecule is C=C/C=C(Nc1ncc(C(=O)NC)cc1NC(=O)C1=CSC(N)N1)\C(C)=C/C. The Morgan fingerprint density at radius 1 is 1.36 bits per heavy atom. The van der Waals surface area contributed by atoms with Crippen molar-refractivity contribution in [2.24, 2.45) is 5.73 Å². The zero-order valence-corrected chi connectivity index (χ0v) is 16.8. The monoisotopic (exact) mass is 400 g/mol. The topological polar surface area (TPSA) is 121 Å². The number of aromatic nitrogens is 1. The van der Waals surface area contributed by atoms with E-state index in [1.807, 2.05) is 19.9 Å². The van der Waals surface area contributed by atoms with Crippen LogP contribution in [0, 0.1) is 0 Å². The van der Waals surface area contributed by atoms with E-state index in [0.29, 0.717) is 22.8 Å². The maximum Gasteiger partial charge on any atom is 0.272 e. The Bertz CT molecular complexity index is 875. The van der Waals surface area contributed by atoms with Gasteiger partial charge in [-0.25, -0.2) is 4.98 Å². The van der Waals surface area contributed by atoms with Gasteiger partial charge in [0.05, 0.1) is 11.3 Å². The molecule has 8 nitrogen and oxygen atoms in total. The third-order valence-electron chi connectivity index (χ3n) is 3.90. The summed E-state index contributed by atoms with van der Waals surface area (Å²) in [5, 5.41) is 13.0. The minimum atomic E-state index is -0.378. The molecule has 0 aromatic carbocycles. The van der Waals surface area contributed by atoms with E-state index in [-0.39, 0.29) is 17.3 Å². The van der Waals surface area contributed by atoms with Gasteiger partial charge in [-0.15, -0.1) is 0 Å². The van der Waals surface area contributed by atoms with Gasteiger partial charge >= 0.3 is 0 Å².